The van der Waals surface area contributed by atoms with E-state index in [1.54, 1.807) is 6.20 Å². The molecule has 0 radical (unpaired) electrons. The van der Waals surface area contributed by atoms with Crippen LogP contribution in [0.25, 0.3) is 0 Å². The van der Waals surface area contributed by atoms with Gasteiger partial charge in [-0.2, -0.15) is 0 Å². The highest BCUT2D eigenvalue weighted by atomic mass is 16.2. The molecular formula is C20H24N4O2. The van der Waals surface area contributed by atoms with Gasteiger partial charge in [0.2, 0.25) is 0 Å². The van der Waals surface area contributed by atoms with Gasteiger partial charge in [0.1, 0.15) is 11.4 Å². The third-order valence-electron chi connectivity index (χ3n) is 5.66. The molecular weight excluding hydrogens is 328 g/mol. The van der Waals surface area contributed by atoms with Gasteiger partial charge in [-0.25, -0.2) is 9.78 Å². The minimum absolute atomic E-state index is 0.164. The molecule has 1 aromatic carbocycles. The fraction of sp³-hybridized carbons (Fsp3) is 0.450. The first-order chi connectivity index (χ1) is 12.5. The number of aryl methyl sites for hydroxylation is 4. The average molecular weight is 352 g/mol. The van der Waals surface area contributed by atoms with Gasteiger partial charge in [0, 0.05) is 25.5 Å². The van der Waals surface area contributed by atoms with Crippen molar-refractivity contribution in [1.29, 1.82) is 0 Å². The smallest absolute Gasteiger partial charge is 0.325 e. The van der Waals surface area contributed by atoms with Crippen LogP contribution in [0.2, 0.25) is 0 Å². The number of imide groups is 1. The molecule has 0 bridgehead atoms. The number of amides is 3. The largest absolute Gasteiger partial charge is 0.335 e. The van der Waals surface area contributed by atoms with Gasteiger partial charge in [0.25, 0.3) is 5.91 Å². The number of hydrogen-bond donors (Lipinski definition) is 1. The van der Waals surface area contributed by atoms with Crippen LogP contribution in [0.3, 0.4) is 0 Å². The van der Waals surface area contributed by atoms with Gasteiger partial charge in [-0.1, -0.05) is 18.2 Å². The summed E-state index contributed by atoms with van der Waals surface area (Å²) in [5.41, 5.74) is 2.57. The number of hydrogen-bond acceptors (Lipinski definition) is 3. The van der Waals surface area contributed by atoms with Crippen molar-refractivity contribution in [2.45, 2.75) is 51.6 Å². The summed E-state index contributed by atoms with van der Waals surface area (Å²) in [4.78, 5) is 31.0. The van der Waals surface area contributed by atoms with Crippen LogP contribution in [0.5, 0.6) is 0 Å². The van der Waals surface area contributed by atoms with Crippen LogP contribution in [-0.4, -0.2) is 32.9 Å². The Bertz CT molecular complexity index is 872. The van der Waals surface area contributed by atoms with E-state index < -0.39 is 5.54 Å². The molecule has 1 aromatic heterocycles. The van der Waals surface area contributed by atoms with Gasteiger partial charge >= 0.3 is 6.03 Å². The summed E-state index contributed by atoms with van der Waals surface area (Å²) in [6.45, 7) is 4.89. The summed E-state index contributed by atoms with van der Waals surface area (Å²) >= 11 is 0. The number of benzene rings is 1. The normalized spacial score (nSPS) is 22.0. The maximum absolute atomic E-state index is 13.0. The predicted octanol–water partition coefficient (Wildman–Crippen LogP) is 2.54. The van der Waals surface area contributed by atoms with E-state index in [2.05, 4.69) is 22.4 Å². The molecule has 0 spiro atoms. The highest BCUT2D eigenvalue weighted by Crippen LogP contribution is 2.32. The van der Waals surface area contributed by atoms with Gasteiger partial charge in [0.05, 0.1) is 0 Å². The van der Waals surface area contributed by atoms with Gasteiger partial charge in [-0.05, 0) is 56.2 Å². The second-order valence-electron chi connectivity index (χ2n) is 7.37. The molecule has 1 saturated heterocycles. The Balaban J connectivity index is 1.48. The van der Waals surface area contributed by atoms with E-state index in [0.717, 1.165) is 37.2 Å². The Kier molecular flexibility index (Phi) is 4.05. The minimum Gasteiger partial charge on any atom is -0.335 e. The van der Waals surface area contributed by atoms with E-state index in [-0.39, 0.29) is 11.9 Å². The molecule has 0 unspecified atom stereocenters. The zero-order valence-electron chi connectivity index (χ0n) is 15.3. The Morgan fingerprint density at radius 2 is 2.00 bits per heavy atom. The van der Waals surface area contributed by atoms with Crippen molar-refractivity contribution in [1.82, 2.24) is 19.8 Å². The molecule has 6 heteroatoms. The summed E-state index contributed by atoms with van der Waals surface area (Å²) in [5, 5.41) is 2.91. The van der Waals surface area contributed by atoms with E-state index >= 15 is 0 Å². The average Bonchev–Trinajstić information content (AvgIpc) is 3.30. The molecule has 2 aliphatic rings. The fourth-order valence-electron chi connectivity index (χ4n) is 4.02. The lowest BCUT2D eigenvalue weighted by molar-refractivity contribution is -0.131. The lowest BCUT2D eigenvalue weighted by Gasteiger charge is -2.23. The van der Waals surface area contributed by atoms with Crippen LogP contribution in [0, 0.1) is 6.92 Å². The molecule has 0 saturated carbocycles. The molecule has 2 heterocycles. The van der Waals surface area contributed by atoms with Crippen LogP contribution in [-0.2, 0) is 29.7 Å². The Morgan fingerprint density at radius 1 is 1.19 bits per heavy atom. The third kappa shape index (κ3) is 2.69. The second kappa shape index (κ2) is 6.27. The van der Waals surface area contributed by atoms with Crippen LogP contribution in [0.15, 0.2) is 30.6 Å². The molecule has 1 fully saturated rings. The van der Waals surface area contributed by atoms with Crippen LogP contribution >= 0.6 is 0 Å². The van der Waals surface area contributed by atoms with Crippen molar-refractivity contribution in [3.05, 3.63) is 53.1 Å². The van der Waals surface area contributed by atoms with Crippen LogP contribution < -0.4 is 5.32 Å². The van der Waals surface area contributed by atoms with Gasteiger partial charge < -0.3 is 9.88 Å². The minimum atomic E-state index is -0.973. The Hall–Kier alpha value is -2.63. The summed E-state index contributed by atoms with van der Waals surface area (Å²) < 4.78 is 2.03. The van der Waals surface area contributed by atoms with E-state index in [1.165, 1.54) is 16.0 Å². The first-order valence-corrected chi connectivity index (χ1v) is 9.23. The molecule has 2 aromatic rings. The van der Waals surface area contributed by atoms with E-state index in [0.29, 0.717) is 13.0 Å². The summed E-state index contributed by atoms with van der Waals surface area (Å²) in [6.07, 6.45) is 7.69. The highest BCUT2D eigenvalue weighted by Gasteiger charge is 2.48. The molecule has 26 heavy (non-hydrogen) atoms. The molecule has 1 N–H and O–H groups in total. The number of rotatable bonds is 5. The first-order valence-electron chi connectivity index (χ1n) is 9.23. The number of carbonyl (C=O) groups excluding carboxylic acids is 2. The number of nitrogens with one attached hydrogen (secondary N) is 1. The predicted molar refractivity (Wildman–Crippen MR) is 97.6 cm³/mol. The number of fused-ring (bicyclic) bond motifs is 1. The molecule has 4 rings (SSSR count). The van der Waals surface area contributed by atoms with Crippen molar-refractivity contribution in [3.63, 3.8) is 0 Å². The Morgan fingerprint density at radius 3 is 2.77 bits per heavy atom. The zero-order valence-corrected chi connectivity index (χ0v) is 15.3. The highest BCUT2D eigenvalue weighted by molar-refractivity contribution is 6.07. The topological polar surface area (TPSA) is 67.2 Å². The van der Waals surface area contributed by atoms with Crippen molar-refractivity contribution in [2.24, 2.45) is 0 Å². The van der Waals surface area contributed by atoms with Gasteiger partial charge in [-0.3, -0.25) is 9.69 Å². The van der Waals surface area contributed by atoms with Crippen molar-refractivity contribution in [2.75, 3.05) is 6.54 Å². The second-order valence-corrected chi connectivity index (χ2v) is 7.37. The summed E-state index contributed by atoms with van der Waals surface area (Å²) in [6, 6.07) is 5.88. The SMILES string of the molecule is Cc1nccn1CCCN1C(=O)N[C@@](C)(c2ccc3c(c2)CCC3)C1=O. The van der Waals surface area contributed by atoms with Crippen molar-refractivity contribution < 1.29 is 9.59 Å². The van der Waals surface area contributed by atoms with Gasteiger partial charge in [-0.15, -0.1) is 0 Å². The van der Waals surface area contributed by atoms with Crippen LogP contribution in [0.1, 0.15) is 42.3 Å². The molecule has 136 valence electrons. The number of nitrogens with zero attached hydrogens (tertiary/aromatic N) is 3. The zero-order chi connectivity index (χ0) is 18.3. The van der Waals surface area contributed by atoms with Crippen LogP contribution in [0.4, 0.5) is 4.79 Å². The number of urea groups is 1. The molecule has 3 amide bonds. The monoisotopic (exact) mass is 352 g/mol. The third-order valence-corrected chi connectivity index (χ3v) is 5.66. The number of carbonyl (C=O) groups is 2. The standard InChI is InChI=1S/C20H24N4O2/c1-14-21-9-12-23(14)10-4-11-24-18(25)20(2,22-19(24)26)17-8-7-15-5-3-6-16(15)13-17/h7-9,12-13H,3-6,10-11H2,1-2H3,(H,22,26)/t20-/m0/s1. The quantitative estimate of drug-likeness (QED) is 0.841. The van der Waals surface area contributed by atoms with E-state index in [9.17, 15) is 9.59 Å². The lowest BCUT2D eigenvalue weighted by Crippen LogP contribution is -2.41. The fourth-order valence-corrected chi connectivity index (χ4v) is 4.02. The first kappa shape index (κ1) is 16.8. The lowest BCUT2D eigenvalue weighted by atomic mass is 9.89. The molecule has 6 nitrogen and oxygen atoms in total. The molecule has 1 aliphatic carbocycles. The van der Waals surface area contributed by atoms with E-state index in [1.807, 2.05) is 30.7 Å². The number of imidazole rings is 1. The molecule has 1 aliphatic heterocycles. The summed E-state index contributed by atoms with van der Waals surface area (Å²) in [5.74, 6) is 0.771. The van der Waals surface area contributed by atoms with Crippen molar-refractivity contribution >= 4 is 11.9 Å². The molecule has 1 atom stereocenters. The maximum atomic E-state index is 13.0. The van der Waals surface area contributed by atoms with E-state index in [4.69, 9.17) is 0 Å². The maximum Gasteiger partial charge on any atom is 0.325 e. The summed E-state index contributed by atoms with van der Waals surface area (Å²) in [7, 11) is 0. The van der Waals surface area contributed by atoms with Crippen molar-refractivity contribution in [3.8, 4) is 0 Å². The Labute approximate surface area is 153 Å². The number of aromatic nitrogens is 2. The van der Waals surface area contributed by atoms with Gasteiger partial charge in [0.15, 0.2) is 0 Å².